The summed E-state index contributed by atoms with van der Waals surface area (Å²) in [7, 11) is -3.94. The first-order valence-corrected chi connectivity index (χ1v) is 10.4. The van der Waals surface area contributed by atoms with Crippen molar-refractivity contribution in [1.82, 2.24) is 14.9 Å². The maximum absolute atomic E-state index is 13.0. The number of halogens is 1. The number of nitrogens with zero attached hydrogens (tertiary/aromatic N) is 2. The number of rotatable bonds is 4. The van der Waals surface area contributed by atoms with Crippen LogP contribution < -0.4 is 4.72 Å². The predicted octanol–water partition coefficient (Wildman–Crippen LogP) is 3.25. The van der Waals surface area contributed by atoms with Crippen molar-refractivity contribution >= 4 is 44.3 Å². The molecule has 1 saturated heterocycles. The Hall–Kier alpha value is -2.58. The van der Waals surface area contributed by atoms with Gasteiger partial charge in [0.2, 0.25) is 0 Å². The van der Waals surface area contributed by atoms with Crippen molar-refractivity contribution in [2.75, 3.05) is 17.8 Å². The molecule has 140 valence electrons. The van der Waals surface area contributed by atoms with Gasteiger partial charge in [0.1, 0.15) is 10.5 Å². The first-order valence-electron chi connectivity index (χ1n) is 8.49. The van der Waals surface area contributed by atoms with E-state index in [9.17, 15) is 13.2 Å². The zero-order valence-corrected chi connectivity index (χ0v) is 15.8. The van der Waals surface area contributed by atoms with E-state index in [1.165, 1.54) is 12.3 Å². The third-order valence-corrected chi connectivity index (χ3v) is 6.19. The van der Waals surface area contributed by atoms with Crippen LogP contribution in [0.15, 0.2) is 47.6 Å². The van der Waals surface area contributed by atoms with E-state index in [0.29, 0.717) is 29.1 Å². The molecule has 9 heteroatoms. The highest BCUT2D eigenvalue weighted by Crippen LogP contribution is 2.28. The highest BCUT2D eigenvalue weighted by molar-refractivity contribution is 7.93. The summed E-state index contributed by atoms with van der Waals surface area (Å²) in [6.07, 6.45) is 4.85. The molecular weight excluding hydrogens is 388 g/mol. The van der Waals surface area contributed by atoms with Gasteiger partial charge in [0, 0.05) is 35.9 Å². The lowest BCUT2D eigenvalue weighted by molar-refractivity contribution is 0.0794. The van der Waals surface area contributed by atoms with Crippen molar-refractivity contribution in [3.63, 3.8) is 0 Å². The summed E-state index contributed by atoms with van der Waals surface area (Å²) in [6.45, 7) is 1.34. The number of nitrogens with one attached hydrogen (secondary N) is 2. The van der Waals surface area contributed by atoms with Gasteiger partial charge in [-0.1, -0.05) is 11.6 Å². The highest BCUT2D eigenvalue weighted by Gasteiger charge is 2.25. The van der Waals surface area contributed by atoms with E-state index in [-0.39, 0.29) is 22.1 Å². The minimum atomic E-state index is -3.94. The van der Waals surface area contributed by atoms with Crippen LogP contribution in [-0.4, -0.2) is 42.3 Å². The third-order valence-electron chi connectivity index (χ3n) is 4.55. The van der Waals surface area contributed by atoms with Gasteiger partial charge in [0.15, 0.2) is 0 Å². The average molecular weight is 405 g/mol. The number of hydrogen-bond donors (Lipinski definition) is 2. The molecule has 1 aliphatic rings. The van der Waals surface area contributed by atoms with Gasteiger partial charge < -0.3 is 9.88 Å². The Kier molecular flexibility index (Phi) is 4.53. The molecule has 1 amide bonds. The van der Waals surface area contributed by atoms with Gasteiger partial charge in [-0.3, -0.25) is 9.52 Å². The second kappa shape index (κ2) is 6.86. The second-order valence-corrected chi connectivity index (χ2v) is 8.43. The van der Waals surface area contributed by atoms with Gasteiger partial charge >= 0.3 is 0 Å². The van der Waals surface area contributed by atoms with Crippen molar-refractivity contribution in [3.8, 4) is 0 Å². The van der Waals surface area contributed by atoms with Gasteiger partial charge in [0.05, 0.1) is 11.3 Å². The Balaban J connectivity index is 1.73. The smallest absolute Gasteiger partial charge is 0.264 e. The van der Waals surface area contributed by atoms with Crippen molar-refractivity contribution < 1.29 is 13.2 Å². The molecule has 1 aliphatic heterocycles. The Labute approximate surface area is 161 Å². The normalized spacial score (nSPS) is 14.6. The minimum Gasteiger partial charge on any atom is -0.345 e. The number of aromatic nitrogens is 2. The van der Waals surface area contributed by atoms with Crippen LogP contribution in [0.4, 0.5) is 5.69 Å². The fraction of sp³-hybridized carbons (Fsp3) is 0.222. The van der Waals surface area contributed by atoms with Gasteiger partial charge in [0.25, 0.3) is 15.9 Å². The Morgan fingerprint density at radius 2 is 2.00 bits per heavy atom. The fourth-order valence-electron chi connectivity index (χ4n) is 3.23. The predicted molar refractivity (Wildman–Crippen MR) is 103 cm³/mol. The molecule has 0 aliphatic carbocycles. The van der Waals surface area contributed by atoms with Crippen LogP contribution in [0.1, 0.15) is 23.2 Å². The lowest BCUT2D eigenvalue weighted by Crippen LogP contribution is -2.28. The summed E-state index contributed by atoms with van der Waals surface area (Å²) >= 11 is 6.05. The summed E-state index contributed by atoms with van der Waals surface area (Å²) in [5.74, 6) is -0.206. The summed E-state index contributed by atoms with van der Waals surface area (Å²) < 4.78 is 28.4. The van der Waals surface area contributed by atoms with Crippen LogP contribution in [0.25, 0.3) is 11.0 Å². The zero-order chi connectivity index (χ0) is 19.0. The van der Waals surface area contributed by atoms with E-state index in [0.717, 1.165) is 12.8 Å². The average Bonchev–Trinajstić information content (AvgIpc) is 3.31. The molecule has 3 aromatic rings. The van der Waals surface area contributed by atoms with E-state index in [4.69, 9.17) is 11.6 Å². The number of pyridine rings is 1. The van der Waals surface area contributed by atoms with Crippen molar-refractivity contribution in [3.05, 3.63) is 53.3 Å². The Morgan fingerprint density at radius 1 is 1.22 bits per heavy atom. The van der Waals surface area contributed by atoms with E-state index in [1.54, 1.807) is 35.4 Å². The van der Waals surface area contributed by atoms with Crippen LogP contribution in [0.3, 0.4) is 0 Å². The number of aromatic amines is 1. The molecule has 0 bridgehead atoms. The van der Waals surface area contributed by atoms with Gasteiger partial charge in [-0.25, -0.2) is 13.4 Å². The lowest BCUT2D eigenvalue weighted by Gasteiger charge is -2.18. The molecule has 0 spiro atoms. The first kappa shape index (κ1) is 17.8. The van der Waals surface area contributed by atoms with Crippen molar-refractivity contribution in [2.24, 2.45) is 0 Å². The van der Waals surface area contributed by atoms with E-state index in [2.05, 4.69) is 14.7 Å². The molecule has 27 heavy (non-hydrogen) atoms. The molecule has 0 atom stereocenters. The standard InChI is InChI=1S/C18H17ClN4O3S/c19-12-5-6-13(18(24)23-8-1-2-9-23)15(10-12)22-27(25,26)16-11-21-17-14(16)4-3-7-20-17/h3-7,10-11,22H,1-2,8-9H2,(H,20,21). The number of H-pyrrole nitrogens is 1. The van der Waals surface area contributed by atoms with Crippen LogP contribution >= 0.6 is 11.6 Å². The number of amides is 1. The molecule has 1 fully saturated rings. The number of hydrogen-bond acceptors (Lipinski definition) is 4. The molecule has 3 heterocycles. The third kappa shape index (κ3) is 3.38. The molecule has 1 aromatic carbocycles. The van der Waals surface area contributed by atoms with Gasteiger partial charge in [-0.15, -0.1) is 0 Å². The molecule has 2 aromatic heterocycles. The SMILES string of the molecule is O=C(c1ccc(Cl)cc1NS(=O)(=O)c1c[nH]c2ncccc12)N1CCCC1. The molecule has 0 unspecified atom stereocenters. The van der Waals surface area contributed by atoms with Crippen molar-refractivity contribution in [2.45, 2.75) is 17.7 Å². The van der Waals surface area contributed by atoms with Crippen LogP contribution in [0.2, 0.25) is 5.02 Å². The fourth-order valence-corrected chi connectivity index (χ4v) is 4.64. The number of anilines is 1. The molecule has 2 N–H and O–H groups in total. The first-order chi connectivity index (χ1) is 13.0. The molecule has 7 nitrogen and oxygen atoms in total. The number of benzene rings is 1. The second-order valence-electron chi connectivity index (χ2n) is 6.35. The summed E-state index contributed by atoms with van der Waals surface area (Å²) in [4.78, 5) is 21.5. The topological polar surface area (TPSA) is 95.2 Å². The highest BCUT2D eigenvalue weighted by atomic mass is 35.5. The van der Waals surface area contributed by atoms with Gasteiger partial charge in [-0.05, 0) is 43.2 Å². The summed E-state index contributed by atoms with van der Waals surface area (Å²) in [6, 6.07) is 7.92. The zero-order valence-electron chi connectivity index (χ0n) is 14.3. The molecule has 4 rings (SSSR count). The quantitative estimate of drug-likeness (QED) is 0.697. The van der Waals surface area contributed by atoms with Crippen LogP contribution in [0.5, 0.6) is 0 Å². The number of fused-ring (bicyclic) bond motifs is 1. The van der Waals surface area contributed by atoms with Crippen LogP contribution in [0, 0.1) is 0 Å². The Morgan fingerprint density at radius 3 is 2.78 bits per heavy atom. The number of likely N-dealkylation sites (tertiary alicyclic amines) is 1. The van der Waals surface area contributed by atoms with Crippen molar-refractivity contribution in [1.29, 1.82) is 0 Å². The lowest BCUT2D eigenvalue weighted by atomic mass is 10.1. The summed E-state index contributed by atoms with van der Waals surface area (Å²) in [5.41, 5.74) is 0.915. The Bertz CT molecular complexity index is 1120. The van der Waals surface area contributed by atoms with Gasteiger partial charge in [-0.2, -0.15) is 0 Å². The molecular formula is C18H17ClN4O3S. The molecule has 0 saturated carbocycles. The maximum atomic E-state index is 13.0. The number of carbonyl (C=O) groups is 1. The van der Waals surface area contributed by atoms with E-state index < -0.39 is 10.0 Å². The number of sulfonamides is 1. The number of carbonyl (C=O) groups excluding carboxylic acids is 1. The van der Waals surface area contributed by atoms with Crippen LogP contribution in [-0.2, 0) is 10.0 Å². The van der Waals surface area contributed by atoms with E-state index in [1.807, 2.05) is 0 Å². The monoisotopic (exact) mass is 404 g/mol. The van der Waals surface area contributed by atoms with E-state index >= 15 is 0 Å². The largest absolute Gasteiger partial charge is 0.345 e. The molecule has 0 radical (unpaired) electrons. The summed E-state index contributed by atoms with van der Waals surface area (Å²) in [5, 5.41) is 0.811. The minimum absolute atomic E-state index is 0.0603. The maximum Gasteiger partial charge on any atom is 0.264 e.